The Hall–Kier alpha value is -0.420. The van der Waals surface area contributed by atoms with Gasteiger partial charge in [-0.25, -0.2) is 0 Å². The van der Waals surface area contributed by atoms with Gasteiger partial charge in [-0.1, -0.05) is 41.1 Å². The monoisotopic (exact) mass is 329 g/mol. The SMILES string of the molecule is CCN(CCC(O)c1ccccc1Br)C(C)COC. The van der Waals surface area contributed by atoms with Gasteiger partial charge in [-0.15, -0.1) is 0 Å². The van der Waals surface area contributed by atoms with E-state index in [1.165, 1.54) is 0 Å². The minimum absolute atomic E-state index is 0.376. The van der Waals surface area contributed by atoms with Crippen molar-refractivity contribution < 1.29 is 9.84 Å². The van der Waals surface area contributed by atoms with Crippen molar-refractivity contribution in [2.24, 2.45) is 0 Å². The molecule has 1 aromatic rings. The molecule has 19 heavy (non-hydrogen) atoms. The van der Waals surface area contributed by atoms with Crippen molar-refractivity contribution in [3.05, 3.63) is 34.3 Å². The van der Waals surface area contributed by atoms with Crippen molar-refractivity contribution in [1.29, 1.82) is 0 Å². The minimum Gasteiger partial charge on any atom is -0.388 e. The highest BCUT2D eigenvalue weighted by Gasteiger charge is 2.15. The fraction of sp³-hybridized carbons (Fsp3) is 0.600. The molecule has 1 rings (SSSR count). The Morgan fingerprint density at radius 2 is 2.05 bits per heavy atom. The van der Waals surface area contributed by atoms with Gasteiger partial charge in [0, 0.05) is 24.2 Å². The van der Waals surface area contributed by atoms with Gasteiger partial charge in [0.1, 0.15) is 0 Å². The number of nitrogens with zero attached hydrogens (tertiary/aromatic N) is 1. The average molecular weight is 330 g/mol. The molecular formula is C15H24BrNO2. The summed E-state index contributed by atoms with van der Waals surface area (Å²) in [6, 6.07) is 8.21. The maximum absolute atomic E-state index is 10.3. The molecule has 108 valence electrons. The number of aliphatic hydroxyl groups excluding tert-OH is 1. The summed E-state index contributed by atoms with van der Waals surface area (Å²) in [4.78, 5) is 2.32. The van der Waals surface area contributed by atoms with E-state index in [2.05, 4.69) is 34.7 Å². The highest BCUT2D eigenvalue weighted by Crippen LogP contribution is 2.25. The second-order valence-corrected chi connectivity index (χ2v) is 5.61. The van der Waals surface area contributed by atoms with Crippen molar-refractivity contribution in [3.63, 3.8) is 0 Å². The van der Waals surface area contributed by atoms with E-state index in [4.69, 9.17) is 4.74 Å². The highest BCUT2D eigenvalue weighted by atomic mass is 79.9. The Kier molecular flexibility index (Phi) is 7.61. The molecule has 0 fully saturated rings. The molecule has 1 aromatic carbocycles. The van der Waals surface area contributed by atoms with E-state index in [1.807, 2.05) is 24.3 Å². The van der Waals surface area contributed by atoms with Crippen molar-refractivity contribution >= 4 is 15.9 Å². The lowest BCUT2D eigenvalue weighted by atomic mass is 10.1. The number of ether oxygens (including phenoxy) is 1. The topological polar surface area (TPSA) is 32.7 Å². The molecule has 0 aliphatic carbocycles. The molecule has 0 aromatic heterocycles. The van der Waals surface area contributed by atoms with E-state index in [0.29, 0.717) is 6.04 Å². The zero-order chi connectivity index (χ0) is 14.3. The molecule has 2 unspecified atom stereocenters. The molecule has 0 saturated heterocycles. The first-order chi connectivity index (χ1) is 9.10. The van der Waals surface area contributed by atoms with Gasteiger partial charge in [0.25, 0.3) is 0 Å². The predicted molar refractivity (Wildman–Crippen MR) is 82.3 cm³/mol. The average Bonchev–Trinajstić information content (AvgIpc) is 2.40. The van der Waals surface area contributed by atoms with Crippen LogP contribution in [0, 0.1) is 0 Å². The fourth-order valence-electron chi connectivity index (χ4n) is 2.23. The second kappa shape index (κ2) is 8.69. The third kappa shape index (κ3) is 5.22. The Balaban J connectivity index is 2.53. The lowest BCUT2D eigenvalue weighted by Crippen LogP contribution is -2.37. The van der Waals surface area contributed by atoms with Crippen LogP contribution in [-0.4, -0.2) is 42.9 Å². The first kappa shape index (κ1) is 16.6. The summed E-state index contributed by atoms with van der Waals surface area (Å²) in [7, 11) is 1.72. The predicted octanol–water partition coefficient (Wildman–Crippen LogP) is 3.23. The summed E-state index contributed by atoms with van der Waals surface area (Å²) in [5, 5.41) is 10.3. The number of halogens is 1. The van der Waals surface area contributed by atoms with Crippen LogP contribution in [-0.2, 0) is 4.74 Å². The zero-order valence-electron chi connectivity index (χ0n) is 12.0. The molecule has 2 atom stereocenters. The van der Waals surface area contributed by atoms with E-state index >= 15 is 0 Å². The molecule has 3 nitrogen and oxygen atoms in total. The van der Waals surface area contributed by atoms with E-state index in [0.717, 1.165) is 36.2 Å². The van der Waals surface area contributed by atoms with Gasteiger partial charge in [0.2, 0.25) is 0 Å². The third-order valence-corrected chi connectivity index (χ3v) is 4.11. The van der Waals surface area contributed by atoms with Gasteiger partial charge in [0.15, 0.2) is 0 Å². The van der Waals surface area contributed by atoms with Crippen LogP contribution >= 0.6 is 15.9 Å². The summed E-state index contributed by atoms with van der Waals surface area (Å²) >= 11 is 3.48. The molecule has 0 saturated carbocycles. The van der Waals surface area contributed by atoms with Crippen LogP contribution in [0.15, 0.2) is 28.7 Å². The molecular weight excluding hydrogens is 306 g/mol. The number of aliphatic hydroxyl groups is 1. The number of methoxy groups -OCH3 is 1. The number of hydrogen-bond acceptors (Lipinski definition) is 3. The Bertz CT molecular complexity index is 373. The zero-order valence-corrected chi connectivity index (χ0v) is 13.6. The van der Waals surface area contributed by atoms with Gasteiger partial charge >= 0.3 is 0 Å². The van der Waals surface area contributed by atoms with Gasteiger partial charge in [-0.2, -0.15) is 0 Å². The van der Waals surface area contributed by atoms with Crippen LogP contribution in [0.2, 0.25) is 0 Å². The lowest BCUT2D eigenvalue weighted by Gasteiger charge is -2.28. The van der Waals surface area contributed by atoms with Crippen LogP contribution in [0.3, 0.4) is 0 Å². The van der Waals surface area contributed by atoms with Crippen molar-refractivity contribution in [2.75, 3.05) is 26.8 Å². The van der Waals surface area contributed by atoms with Crippen LogP contribution in [0.25, 0.3) is 0 Å². The molecule has 0 bridgehead atoms. The van der Waals surface area contributed by atoms with Crippen molar-refractivity contribution in [2.45, 2.75) is 32.4 Å². The van der Waals surface area contributed by atoms with Gasteiger partial charge in [-0.05, 0) is 31.5 Å². The lowest BCUT2D eigenvalue weighted by molar-refractivity contribution is 0.0839. The minimum atomic E-state index is -0.431. The van der Waals surface area contributed by atoms with E-state index in [1.54, 1.807) is 7.11 Å². The molecule has 1 N–H and O–H groups in total. The summed E-state index contributed by atoms with van der Waals surface area (Å²) in [5.74, 6) is 0. The Morgan fingerprint density at radius 3 is 2.63 bits per heavy atom. The number of likely N-dealkylation sites (N-methyl/N-ethyl adjacent to an activating group) is 1. The van der Waals surface area contributed by atoms with E-state index < -0.39 is 6.10 Å². The van der Waals surface area contributed by atoms with E-state index in [-0.39, 0.29) is 0 Å². The standard InChI is InChI=1S/C15H24BrNO2/c1-4-17(12(2)11-19-3)10-9-15(18)13-7-5-6-8-14(13)16/h5-8,12,15,18H,4,9-11H2,1-3H3. The summed E-state index contributed by atoms with van der Waals surface area (Å²) in [6.07, 6.45) is 0.296. The molecule has 0 aliphatic heterocycles. The molecule has 0 aliphatic rings. The third-order valence-electron chi connectivity index (χ3n) is 3.39. The van der Waals surface area contributed by atoms with Crippen LogP contribution in [0.5, 0.6) is 0 Å². The van der Waals surface area contributed by atoms with Crippen molar-refractivity contribution in [3.8, 4) is 0 Å². The molecule has 0 amide bonds. The molecule has 4 heteroatoms. The molecule has 0 heterocycles. The maximum Gasteiger partial charge on any atom is 0.0813 e. The van der Waals surface area contributed by atoms with Crippen molar-refractivity contribution in [1.82, 2.24) is 4.90 Å². The number of hydrogen-bond donors (Lipinski definition) is 1. The summed E-state index contributed by atoms with van der Waals surface area (Å²) < 4.78 is 6.15. The quantitative estimate of drug-likeness (QED) is 0.794. The molecule has 0 spiro atoms. The van der Waals surface area contributed by atoms with E-state index in [9.17, 15) is 5.11 Å². The first-order valence-corrected chi connectivity index (χ1v) is 7.54. The van der Waals surface area contributed by atoms with Crippen LogP contribution in [0.1, 0.15) is 31.9 Å². The van der Waals surface area contributed by atoms with Crippen LogP contribution in [0.4, 0.5) is 0 Å². The fourth-order valence-corrected chi connectivity index (χ4v) is 2.77. The molecule has 0 radical (unpaired) electrons. The van der Waals surface area contributed by atoms with Gasteiger partial charge in [-0.3, -0.25) is 4.90 Å². The largest absolute Gasteiger partial charge is 0.388 e. The van der Waals surface area contributed by atoms with Gasteiger partial charge in [0.05, 0.1) is 12.7 Å². The second-order valence-electron chi connectivity index (χ2n) is 4.76. The van der Waals surface area contributed by atoms with Crippen LogP contribution < -0.4 is 0 Å². The maximum atomic E-state index is 10.3. The highest BCUT2D eigenvalue weighted by molar-refractivity contribution is 9.10. The normalized spacial score (nSPS) is 14.6. The number of rotatable bonds is 8. The number of benzene rings is 1. The summed E-state index contributed by atoms with van der Waals surface area (Å²) in [6.45, 7) is 6.84. The first-order valence-electron chi connectivity index (χ1n) is 6.75. The smallest absolute Gasteiger partial charge is 0.0813 e. The Morgan fingerprint density at radius 1 is 1.37 bits per heavy atom. The summed E-state index contributed by atoms with van der Waals surface area (Å²) in [5.41, 5.74) is 0.956. The van der Waals surface area contributed by atoms with Gasteiger partial charge < -0.3 is 9.84 Å². The Labute approximate surface area is 124 Å².